The van der Waals surface area contributed by atoms with Crippen molar-refractivity contribution in [3.63, 3.8) is 0 Å². The zero-order valence-electron chi connectivity index (χ0n) is 18.3. The van der Waals surface area contributed by atoms with Crippen LogP contribution < -0.4 is 9.16 Å². The molecule has 1 heterocycles. The molecule has 0 amide bonds. The van der Waals surface area contributed by atoms with Crippen molar-refractivity contribution in [3.8, 4) is 11.5 Å². The van der Waals surface area contributed by atoms with Crippen LogP contribution in [0, 0.1) is 0 Å². The molecule has 0 N–H and O–H groups in total. The van der Waals surface area contributed by atoms with Crippen molar-refractivity contribution in [2.24, 2.45) is 0 Å². The third kappa shape index (κ3) is 4.49. The van der Waals surface area contributed by atoms with Crippen LogP contribution in [0.2, 0.25) is 18.1 Å². The topological polar surface area (TPSA) is 18.5 Å². The molecule has 28 heavy (non-hydrogen) atoms. The maximum absolute atomic E-state index is 6.38. The Bertz CT molecular complexity index is 890. The van der Waals surface area contributed by atoms with Crippen LogP contribution in [-0.2, 0) is 0 Å². The van der Waals surface area contributed by atoms with E-state index >= 15 is 0 Å². The normalized spacial score (nSPS) is 16.1. The Kier molecular flexibility index (Phi) is 5.50. The number of hydrogen-bond acceptors (Lipinski definition) is 3. The van der Waals surface area contributed by atoms with Crippen molar-refractivity contribution in [1.82, 2.24) is 0 Å². The summed E-state index contributed by atoms with van der Waals surface area (Å²) in [6.45, 7) is 17.7. The van der Waals surface area contributed by atoms with Crippen molar-refractivity contribution >= 4 is 26.2 Å². The van der Waals surface area contributed by atoms with Crippen molar-refractivity contribution in [2.45, 2.75) is 75.1 Å². The van der Waals surface area contributed by atoms with E-state index in [0.29, 0.717) is 0 Å². The van der Waals surface area contributed by atoms with Crippen molar-refractivity contribution < 1.29 is 9.16 Å². The predicted octanol–water partition coefficient (Wildman–Crippen LogP) is 7.80. The molecular weight excluding hydrogens is 380 g/mol. The van der Waals surface area contributed by atoms with E-state index in [-0.39, 0.29) is 10.6 Å². The molecule has 4 heteroatoms. The fourth-order valence-electron chi connectivity index (χ4n) is 2.72. The van der Waals surface area contributed by atoms with Crippen LogP contribution in [0.1, 0.15) is 47.1 Å². The second-order valence-corrected chi connectivity index (χ2v) is 15.4. The predicted molar refractivity (Wildman–Crippen MR) is 123 cm³/mol. The van der Waals surface area contributed by atoms with Gasteiger partial charge in [0.05, 0.1) is 0 Å². The van der Waals surface area contributed by atoms with Gasteiger partial charge in [-0.15, -0.1) is 0 Å². The lowest BCUT2D eigenvalue weighted by Gasteiger charge is -2.36. The monoisotopic (exact) mass is 412 g/mol. The van der Waals surface area contributed by atoms with Crippen LogP contribution in [-0.4, -0.2) is 13.9 Å². The molecule has 3 rings (SSSR count). The molecule has 1 aliphatic rings. The Balaban J connectivity index is 1.74. The molecule has 2 aromatic carbocycles. The summed E-state index contributed by atoms with van der Waals surface area (Å²) in [5.74, 6) is 1.92. The van der Waals surface area contributed by atoms with Gasteiger partial charge in [0.1, 0.15) is 17.1 Å². The lowest BCUT2D eigenvalue weighted by atomic mass is 9.94. The summed E-state index contributed by atoms with van der Waals surface area (Å²) in [5, 5.41) is 0.200. The molecule has 0 spiro atoms. The average Bonchev–Trinajstić information content (AvgIpc) is 2.56. The summed E-state index contributed by atoms with van der Waals surface area (Å²) in [7, 11) is -1.80. The number of benzene rings is 2. The molecular formula is C24H32O2SSi. The van der Waals surface area contributed by atoms with Gasteiger partial charge in [-0.1, -0.05) is 32.5 Å². The molecule has 0 bridgehead atoms. The van der Waals surface area contributed by atoms with Gasteiger partial charge in [-0.2, -0.15) is 0 Å². The second kappa shape index (κ2) is 7.31. The first-order chi connectivity index (χ1) is 12.9. The van der Waals surface area contributed by atoms with Gasteiger partial charge in [0.25, 0.3) is 0 Å². The number of hydrogen-bond donors (Lipinski definition) is 0. The molecule has 0 unspecified atom stereocenters. The number of ether oxygens (including phenoxy) is 1. The summed E-state index contributed by atoms with van der Waals surface area (Å²) < 4.78 is 12.5. The highest BCUT2D eigenvalue weighted by Crippen LogP contribution is 2.40. The highest BCUT2D eigenvalue weighted by atomic mass is 32.2. The van der Waals surface area contributed by atoms with E-state index in [4.69, 9.17) is 9.16 Å². The lowest BCUT2D eigenvalue weighted by molar-refractivity contribution is 0.145. The molecule has 1 aliphatic heterocycles. The van der Waals surface area contributed by atoms with Crippen LogP contribution in [0.25, 0.3) is 6.08 Å². The van der Waals surface area contributed by atoms with E-state index in [2.05, 4.69) is 103 Å². The van der Waals surface area contributed by atoms with E-state index < -0.39 is 8.32 Å². The molecule has 0 saturated carbocycles. The first-order valence-corrected chi connectivity index (χ1v) is 13.6. The van der Waals surface area contributed by atoms with Gasteiger partial charge in [-0.3, -0.25) is 0 Å². The molecule has 0 atom stereocenters. The number of fused-ring (bicyclic) bond motifs is 1. The van der Waals surface area contributed by atoms with Crippen LogP contribution in [0.15, 0.2) is 57.8 Å². The first kappa shape index (κ1) is 21.1. The first-order valence-electron chi connectivity index (χ1n) is 9.86. The minimum absolute atomic E-state index is 0.200. The van der Waals surface area contributed by atoms with Gasteiger partial charge in [-0.25, -0.2) is 0 Å². The molecule has 150 valence electrons. The molecule has 0 aliphatic carbocycles. The summed E-state index contributed by atoms with van der Waals surface area (Å²) in [4.78, 5) is 2.42. The van der Waals surface area contributed by atoms with E-state index in [1.165, 1.54) is 15.4 Å². The van der Waals surface area contributed by atoms with E-state index in [1.807, 2.05) is 0 Å². The Morgan fingerprint density at radius 2 is 1.57 bits per heavy atom. The summed E-state index contributed by atoms with van der Waals surface area (Å²) >= 11 is 1.76. The second-order valence-electron chi connectivity index (χ2n) is 9.58. The van der Waals surface area contributed by atoms with Gasteiger partial charge in [0.15, 0.2) is 0 Å². The van der Waals surface area contributed by atoms with E-state index in [0.717, 1.165) is 17.1 Å². The van der Waals surface area contributed by atoms with Gasteiger partial charge in [-0.05, 0) is 93.0 Å². The van der Waals surface area contributed by atoms with Crippen LogP contribution in [0.5, 0.6) is 11.5 Å². The van der Waals surface area contributed by atoms with Crippen LogP contribution in [0.4, 0.5) is 0 Å². The van der Waals surface area contributed by atoms with Crippen molar-refractivity contribution in [1.29, 1.82) is 0 Å². The van der Waals surface area contributed by atoms with Gasteiger partial charge in [0, 0.05) is 15.4 Å². The van der Waals surface area contributed by atoms with Gasteiger partial charge < -0.3 is 9.16 Å². The van der Waals surface area contributed by atoms with Crippen molar-refractivity contribution in [2.75, 3.05) is 0 Å². The van der Waals surface area contributed by atoms with E-state index in [1.54, 1.807) is 11.8 Å². The fraction of sp³-hybridized carbons (Fsp3) is 0.417. The molecule has 0 aromatic heterocycles. The largest absolute Gasteiger partial charge is 0.544 e. The van der Waals surface area contributed by atoms with E-state index in [9.17, 15) is 0 Å². The molecule has 0 saturated heterocycles. The van der Waals surface area contributed by atoms with Gasteiger partial charge in [0.2, 0.25) is 8.32 Å². The molecule has 0 fully saturated rings. The third-order valence-corrected chi connectivity index (χ3v) is 11.3. The maximum atomic E-state index is 6.38. The van der Waals surface area contributed by atoms with Gasteiger partial charge >= 0.3 is 0 Å². The Labute approximate surface area is 175 Å². The Morgan fingerprint density at radius 3 is 2.18 bits per heavy atom. The highest BCUT2D eigenvalue weighted by molar-refractivity contribution is 7.99. The minimum Gasteiger partial charge on any atom is -0.544 e. The molecule has 2 nitrogen and oxygen atoms in total. The molecule has 0 radical (unpaired) electrons. The summed E-state index contributed by atoms with van der Waals surface area (Å²) in [6.07, 6.45) is 2.24. The smallest absolute Gasteiger partial charge is 0.250 e. The molecule has 2 aromatic rings. The Morgan fingerprint density at radius 1 is 0.964 bits per heavy atom. The number of rotatable bonds is 4. The zero-order chi connectivity index (χ0) is 20.7. The standard InChI is InChI=1S/C24H32O2SSi/c1-17-15-18-16-21(13-14-22(18)25-24(17,5)6)27-20-11-9-19(10-12-20)26-28(7,8)23(2,3)4/h9-16H,1-8H3. The minimum atomic E-state index is -1.80. The highest BCUT2D eigenvalue weighted by Gasteiger charge is 2.38. The fourth-order valence-corrected chi connectivity index (χ4v) is 4.62. The Hall–Kier alpha value is -1.65. The van der Waals surface area contributed by atoms with Crippen LogP contribution in [0.3, 0.4) is 0 Å². The maximum Gasteiger partial charge on any atom is 0.250 e. The van der Waals surface area contributed by atoms with Crippen molar-refractivity contribution in [3.05, 3.63) is 53.6 Å². The average molecular weight is 413 g/mol. The zero-order valence-corrected chi connectivity index (χ0v) is 20.2. The summed E-state index contributed by atoms with van der Waals surface area (Å²) in [5.41, 5.74) is 2.16. The summed E-state index contributed by atoms with van der Waals surface area (Å²) in [6, 6.07) is 14.9. The van der Waals surface area contributed by atoms with Crippen LogP contribution >= 0.6 is 11.8 Å². The lowest BCUT2D eigenvalue weighted by Crippen LogP contribution is -2.43. The SMILES string of the molecule is CC1=Cc2cc(Sc3ccc(O[Si](C)(C)C(C)(C)C)cc3)ccc2OC1(C)C. The quantitative estimate of drug-likeness (QED) is 0.477. The third-order valence-electron chi connectivity index (χ3n) is 5.91.